The molecule has 2 N–H and O–H groups in total. The van der Waals surface area contributed by atoms with Crippen molar-refractivity contribution in [2.45, 2.75) is 13.0 Å². The van der Waals surface area contributed by atoms with Crippen LogP contribution in [0.15, 0.2) is 12.1 Å². The van der Waals surface area contributed by atoms with E-state index in [0.717, 1.165) is 6.07 Å². The van der Waals surface area contributed by atoms with E-state index in [1.807, 2.05) is 0 Å². The molecule has 0 aliphatic carbocycles. The van der Waals surface area contributed by atoms with Crippen molar-refractivity contribution in [2.24, 2.45) is 0 Å². The van der Waals surface area contributed by atoms with Crippen LogP contribution in [-0.4, -0.2) is 21.1 Å². The van der Waals surface area contributed by atoms with Crippen LogP contribution in [0.2, 0.25) is 0 Å². The van der Waals surface area contributed by atoms with Crippen LogP contribution < -0.4 is 0 Å². The molecule has 0 saturated heterocycles. The molecule has 16 heavy (non-hydrogen) atoms. The molecular weight excluding hydrogens is 221 g/mol. The summed E-state index contributed by atoms with van der Waals surface area (Å²) in [5.74, 6) is -2.72. The number of nitrogens with zero attached hydrogens (tertiary/aromatic N) is 1. The molecule has 0 spiro atoms. The molecule has 1 unspecified atom stereocenters. The van der Waals surface area contributed by atoms with Crippen molar-refractivity contribution in [3.63, 3.8) is 0 Å². The number of hydrogen-bond acceptors (Lipinski definition) is 4. The lowest BCUT2D eigenvalue weighted by molar-refractivity contribution is -0.385. The molecule has 1 rings (SSSR count). The van der Waals surface area contributed by atoms with Crippen LogP contribution in [0.5, 0.6) is 0 Å². The zero-order valence-corrected chi connectivity index (χ0v) is 8.18. The first-order chi connectivity index (χ1) is 7.34. The lowest BCUT2D eigenvalue weighted by atomic mass is 10.0. The number of aliphatic hydroxyl groups is 1. The third-order valence-corrected chi connectivity index (χ3v) is 2.04. The number of hydrogen-bond donors (Lipinski definition) is 2. The van der Waals surface area contributed by atoms with Crippen molar-refractivity contribution in [3.05, 3.63) is 39.2 Å². The summed E-state index contributed by atoms with van der Waals surface area (Å²) in [7, 11) is 0. The maximum atomic E-state index is 13.4. The number of halogens is 1. The highest BCUT2D eigenvalue weighted by atomic mass is 19.1. The smallest absolute Gasteiger partial charge is 0.337 e. The number of non-ortho nitro benzene ring substituents is 1. The van der Waals surface area contributed by atoms with E-state index in [0.29, 0.717) is 6.07 Å². The van der Waals surface area contributed by atoms with Gasteiger partial charge in [-0.15, -0.1) is 0 Å². The zero-order chi connectivity index (χ0) is 12.5. The summed E-state index contributed by atoms with van der Waals surface area (Å²) in [6.45, 7) is 1.29. The molecule has 0 amide bonds. The van der Waals surface area contributed by atoms with Gasteiger partial charge in [0, 0.05) is 11.6 Å². The first-order valence-corrected chi connectivity index (χ1v) is 4.20. The average molecular weight is 229 g/mol. The summed E-state index contributed by atoms with van der Waals surface area (Å²) >= 11 is 0. The molecule has 0 heterocycles. The van der Waals surface area contributed by atoms with Crippen LogP contribution >= 0.6 is 0 Å². The number of nitro benzene ring substituents is 1. The van der Waals surface area contributed by atoms with Crippen molar-refractivity contribution >= 4 is 11.7 Å². The second-order valence-corrected chi connectivity index (χ2v) is 3.16. The summed E-state index contributed by atoms with van der Waals surface area (Å²) in [5.41, 5.74) is -0.934. The molecule has 0 saturated carbocycles. The largest absolute Gasteiger partial charge is 0.479 e. The first kappa shape index (κ1) is 12.1. The van der Waals surface area contributed by atoms with Crippen LogP contribution in [-0.2, 0) is 4.79 Å². The van der Waals surface area contributed by atoms with Crippen molar-refractivity contribution in [1.82, 2.24) is 0 Å². The van der Waals surface area contributed by atoms with E-state index in [2.05, 4.69) is 0 Å². The molecule has 0 aliphatic heterocycles. The number of nitro groups is 1. The third kappa shape index (κ3) is 2.14. The summed E-state index contributed by atoms with van der Waals surface area (Å²) in [4.78, 5) is 20.1. The molecule has 6 nitrogen and oxygen atoms in total. The van der Waals surface area contributed by atoms with Gasteiger partial charge in [-0.1, -0.05) is 0 Å². The van der Waals surface area contributed by atoms with E-state index in [1.54, 1.807) is 0 Å². The molecular formula is C9H8FNO5. The van der Waals surface area contributed by atoms with Crippen LogP contribution in [0.1, 0.15) is 17.2 Å². The van der Waals surface area contributed by atoms with Gasteiger partial charge in [-0.05, 0) is 12.5 Å². The monoisotopic (exact) mass is 229 g/mol. The van der Waals surface area contributed by atoms with Gasteiger partial charge in [-0.2, -0.15) is 0 Å². The van der Waals surface area contributed by atoms with Gasteiger partial charge in [0.25, 0.3) is 5.69 Å². The molecule has 0 bridgehead atoms. The van der Waals surface area contributed by atoms with Gasteiger partial charge in [0.2, 0.25) is 0 Å². The number of aliphatic carboxylic acids is 1. The Balaban J connectivity index is 3.33. The Morgan fingerprint density at radius 1 is 1.56 bits per heavy atom. The van der Waals surface area contributed by atoms with Crippen LogP contribution in [0.3, 0.4) is 0 Å². The molecule has 1 aromatic carbocycles. The quantitative estimate of drug-likeness (QED) is 0.598. The maximum Gasteiger partial charge on any atom is 0.337 e. The molecule has 86 valence electrons. The van der Waals surface area contributed by atoms with Crippen molar-refractivity contribution in [2.75, 3.05) is 0 Å². The van der Waals surface area contributed by atoms with E-state index in [-0.39, 0.29) is 5.56 Å². The highest BCUT2D eigenvalue weighted by Crippen LogP contribution is 2.26. The van der Waals surface area contributed by atoms with Crippen LogP contribution in [0.25, 0.3) is 0 Å². The summed E-state index contributed by atoms with van der Waals surface area (Å²) in [6.07, 6.45) is -2.03. The SMILES string of the molecule is Cc1cc([N+](=O)[O-])cc(F)c1C(O)C(=O)O. The van der Waals surface area contributed by atoms with Crippen LogP contribution in [0, 0.1) is 22.9 Å². The molecule has 1 aromatic rings. The van der Waals surface area contributed by atoms with Gasteiger partial charge >= 0.3 is 5.97 Å². The molecule has 1 atom stereocenters. The Hall–Kier alpha value is -2.02. The normalized spacial score (nSPS) is 12.2. The fourth-order valence-electron chi connectivity index (χ4n) is 1.31. The highest BCUT2D eigenvalue weighted by Gasteiger charge is 2.24. The van der Waals surface area contributed by atoms with Gasteiger partial charge < -0.3 is 10.2 Å². The van der Waals surface area contributed by atoms with E-state index in [9.17, 15) is 24.4 Å². The number of carboxylic acid groups (broad SMARTS) is 1. The van der Waals surface area contributed by atoms with E-state index < -0.39 is 34.1 Å². The zero-order valence-electron chi connectivity index (χ0n) is 8.18. The van der Waals surface area contributed by atoms with Gasteiger partial charge in [-0.25, -0.2) is 9.18 Å². The fourth-order valence-corrected chi connectivity index (χ4v) is 1.31. The lowest BCUT2D eigenvalue weighted by Gasteiger charge is -2.10. The summed E-state index contributed by atoms with van der Waals surface area (Å²) in [5, 5.41) is 28.1. The standard InChI is InChI=1S/C9H8FNO5/c1-4-2-5(11(15)16)3-6(10)7(4)8(12)9(13)14/h2-3,8,12H,1H3,(H,13,14). The molecule has 0 aliphatic rings. The number of aliphatic hydroxyl groups excluding tert-OH is 1. The predicted octanol–water partition coefficient (Wildman–Crippen LogP) is 1.16. The number of rotatable bonds is 3. The molecule has 0 fully saturated rings. The Morgan fingerprint density at radius 2 is 2.12 bits per heavy atom. The maximum absolute atomic E-state index is 13.4. The summed E-state index contributed by atoms with van der Waals surface area (Å²) in [6, 6.07) is 1.58. The van der Waals surface area contributed by atoms with Crippen molar-refractivity contribution in [1.29, 1.82) is 0 Å². The first-order valence-electron chi connectivity index (χ1n) is 4.20. The van der Waals surface area contributed by atoms with Crippen molar-refractivity contribution < 1.29 is 24.3 Å². The van der Waals surface area contributed by atoms with Gasteiger partial charge in [0.15, 0.2) is 6.10 Å². The Bertz CT molecular complexity index is 436. The highest BCUT2D eigenvalue weighted by molar-refractivity contribution is 5.75. The van der Waals surface area contributed by atoms with Gasteiger partial charge in [0.05, 0.1) is 11.0 Å². The topological polar surface area (TPSA) is 101 Å². The molecule has 0 aromatic heterocycles. The molecule has 7 heteroatoms. The Kier molecular flexibility index (Phi) is 3.19. The third-order valence-electron chi connectivity index (χ3n) is 2.04. The number of aryl methyl sites for hydroxylation is 1. The average Bonchev–Trinajstić information content (AvgIpc) is 2.15. The van der Waals surface area contributed by atoms with Crippen molar-refractivity contribution in [3.8, 4) is 0 Å². The second kappa shape index (κ2) is 4.23. The fraction of sp³-hybridized carbons (Fsp3) is 0.222. The minimum absolute atomic E-state index is 0.0154. The molecule has 0 radical (unpaired) electrons. The summed E-state index contributed by atoms with van der Waals surface area (Å²) < 4.78 is 13.4. The second-order valence-electron chi connectivity index (χ2n) is 3.16. The minimum atomic E-state index is -2.03. The number of carboxylic acids is 1. The number of carbonyl (C=O) groups is 1. The minimum Gasteiger partial charge on any atom is -0.479 e. The van der Waals surface area contributed by atoms with E-state index in [1.165, 1.54) is 6.92 Å². The van der Waals surface area contributed by atoms with Gasteiger partial charge in [0.1, 0.15) is 5.82 Å². The van der Waals surface area contributed by atoms with Gasteiger partial charge in [-0.3, -0.25) is 10.1 Å². The Labute approximate surface area is 89.1 Å². The predicted molar refractivity (Wildman–Crippen MR) is 50.4 cm³/mol. The number of benzene rings is 1. The van der Waals surface area contributed by atoms with E-state index >= 15 is 0 Å². The lowest BCUT2D eigenvalue weighted by Crippen LogP contribution is -2.14. The Morgan fingerprint density at radius 3 is 2.50 bits per heavy atom. The van der Waals surface area contributed by atoms with Crippen LogP contribution in [0.4, 0.5) is 10.1 Å². The van der Waals surface area contributed by atoms with E-state index in [4.69, 9.17) is 5.11 Å².